The van der Waals surface area contributed by atoms with Gasteiger partial charge in [-0.15, -0.1) is 16.7 Å². The zero-order chi connectivity index (χ0) is 10.1. The van der Waals surface area contributed by atoms with Crippen molar-refractivity contribution in [2.75, 3.05) is 0 Å². The first-order chi connectivity index (χ1) is 5.90. The summed E-state index contributed by atoms with van der Waals surface area (Å²) >= 11 is 5.61. The molecule has 7 heteroatoms. The molecule has 0 aromatic carbocycles. The van der Waals surface area contributed by atoms with Gasteiger partial charge in [-0.3, -0.25) is 0 Å². The molecule has 0 saturated carbocycles. The van der Waals surface area contributed by atoms with E-state index in [2.05, 4.69) is 10.3 Å². The average molecular weight is 214 g/mol. The number of halogens is 4. The third-order valence-electron chi connectivity index (χ3n) is 1.38. The molecule has 1 aromatic rings. The lowest BCUT2D eigenvalue weighted by atomic mass is 10.3. The third-order valence-corrected chi connectivity index (χ3v) is 1.61. The van der Waals surface area contributed by atoms with E-state index in [9.17, 15) is 13.2 Å². The van der Waals surface area contributed by atoms with Crippen LogP contribution < -0.4 is 0 Å². The Morgan fingerprint density at radius 2 is 2.23 bits per heavy atom. The largest absolute Gasteiger partial charge is 0.408 e. The Balaban J connectivity index is 2.83. The molecule has 13 heavy (non-hydrogen) atoms. The Labute approximate surface area is 77.5 Å². The lowest BCUT2D eigenvalue weighted by Crippen LogP contribution is -2.20. The highest BCUT2D eigenvalue weighted by Gasteiger charge is 2.30. The standard InChI is InChI=1S/C6H7ClF3N3/c1-4(7)5-2-11-12-13(5)3-6(8,9)10/h2,4H,3H2,1H3. The second-order valence-corrected chi connectivity index (χ2v) is 3.20. The van der Waals surface area contributed by atoms with Crippen LogP contribution in [0.25, 0.3) is 0 Å². The quantitative estimate of drug-likeness (QED) is 0.705. The van der Waals surface area contributed by atoms with Crippen LogP contribution in [0, 0.1) is 0 Å². The molecule has 3 nitrogen and oxygen atoms in total. The van der Waals surface area contributed by atoms with Crippen LogP contribution in [0.2, 0.25) is 0 Å². The molecule has 0 amide bonds. The van der Waals surface area contributed by atoms with Gasteiger partial charge in [0.15, 0.2) is 0 Å². The summed E-state index contributed by atoms with van der Waals surface area (Å²) in [5, 5.41) is 6.11. The van der Waals surface area contributed by atoms with Crippen molar-refractivity contribution in [2.45, 2.75) is 25.0 Å². The Morgan fingerprint density at radius 3 is 2.69 bits per heavy atom. The van der Waals surface area contributed by atoms with E-state index in [4.69, 9.17) is 11.6 Å². The summed E-state index contributed by atoms with van der Waals surface area (Å²) in [4.78, 5) is 0. The van der Waals surface area contributed by atoms with Crippen LogP contribution in [0.5, 0.6) is 0 Å². The van der Waals surface area contributed by atoms with E-state index < -0.39 is 18.1 Å². The highest BCUT2D eigenvalue weighted by atomic mass is 35.5. The SMILES string of the molecule is CC(Cl)c1cnnn1CC(F)(F)F. The summed E-state index contributed by atoms with van der Waals surface area (Å²) in [6, 6.07) is 0. The molecule has 1 aromatic heterocycles. The molecule has 0 aliphatic rings. The van der Waals surface area contributed by atoms with Gasteiger partial charge < -0.3 is 0 Å². The van der Waals surface area contributed by atoms with E-state index in [1.54, 1.807) is 6.92 Å². The van der Waals surface area contributed by atoms with Crippen molar-refractivity contribution in [1.82, 2.24) is 15.0 Å². The number of alkyl halides is 4. The van der Waals surface area contributed by atoms with Gasteiger partial charge >= 0.3 is 6.18 Å². The van der Waals surface area contributed by atoms with E-state index >= 15 is 0 Å². The topological polar surface area (TPSA) is 30.7 Å². The summed E-state index contributed by atoms with van der Waals surface area (Å²) in [6.07, 6.45) is -3.07. The maximum Gasteiger partial charge on any atom is 0.408 e. The van der Waals surface area contributed by atoms with Crippen molar-refractivity contribution in [1.29, 1.82) is 0 Å². The molecule has 0 spiro atoms. The highest BCUT2D eigenvalue weighted by molar-refractivity contribution is 6.20. The van der Waals surface area contributed by atoms with E-state index in [-0.39, 0.29) is 5.69 Å². The van der Waals surface area contributed by atoms with Gasteiger partial charge in [0, 0.05) is 0 Å². The summed E-state index contributed by atoms with van der Waals surface area (Å²) < 4.78 is 36.5. The van der Waals surface area contributed by atoms with E-state index in [1.807, 2.05) is 0 Å². The first kappa shape index (κ1) is 10.3. The molecule has 0 aliphatic carbocycles. The van der Waals surface area contributed by atoms with E-state index in [1.165, 1.54) is 6.20 Å². The molecule has 0 aliphatic heterocycles. The Kier molecular flexibility index (Phi) is 2.80. The van der Waals surface area contributed by atoms with Crippen LogP contribution >= 0.6 is 11.6 Å². The maximum atomic E-state index is 11.9. The number of nitrogens with zero attached hydrogens (tertiary/aromatic N) is 3. The predicted octanol–water partition coefficient (Wildman–Crippen LogP) is 2.14. The van der Waals surface area contributed by atoms with Crippen molar-refractivity contribution in [3.05, 3.63) is 11.9 Å². The Morgan fingerprint density at radius 1 is 1.62 bits per heavy atom. The molecule has 0 saturated heterocycles. The van der Waals surface area contributed by atoms with Crippen LogP contribution in [-0.2, 0) is 6.54 Å². The fourth-order valence-corrected chi connectivity index (χ4v) is 1.04. The van der Waals surface area contributed by atoms with Gasteiger partial charge in [-0.25, -0.2) is 4.68 Å². The normalized spacial score (nSPS) is 14.5. The van der Waals surface area contributed by atoms with Crippen molar-refractivity contribution in [3.8, 4) is 0 Å². The zero-order valence-corrected chi connectivity index (χ0v) is 7.47. The van der Waals surface area contributed by atoms with Crippen LogP contribution in [0.1, 0.15) is 18.0 Å². The summed E-state index contributed by atoms with van der Waals surface area (Å²) in [7, 11) is 0. The van der Waals surface area contributed by atoms with Gasteiger partial charge in [0.1, 0.15) is 6.54 Å². The molecule has 1 atom stereocenters. The van der Waals surface area contributed by atoms with Gasteiger partial charge in [0.05, 0.1) is 17.3 Å². The summed E-state index contributed by atoms with van der Waals surface area (Å²) in [6.45, 7) is 0.409. The Bertz CT molecular complexity index is 281. The molecule has 1 unspecified atom stereocenters. The lowest BCUT2D eigenvalue weighted by Gasteiger charge is -2.09. The molecular formula is C6H7ClF3N3. The van der Waals surface area contributed by atoms with Crippen LogP contribution in [0.3, 0.4) is 0 Å². The van der Waals surface area contributed by atoms with Gasteiger partial charge in [-0.05, 0) is 6.92 Å². The minimum absolute atomic E-state index is 0.263. The first-order valence-electron chi connectivity index (χ1n) is 3.49. The smallest absolute Gasteiger partial charge is 0.239 e. The van der Waals surface area contributed by atoms with Gasteiger partial charge in [-0.1, -0.05) is 5.21 Å². The third kappa shape index (κ3) is 2.87. The lowest BCUT2D eigenvalue weighted by molar-refractivity contribution is -0.143. The van der Waals surface area contributed by atoms with Gasteiger partial charge in [-0.2, -0.15) is 13.2 Å². The fourth-order valence-electron chi connectivity index (χ4n) is 0.866. The second-order valence-electron chi connectivity index (χ2n) is 2.55. The second kappa shape index (κ2) is 3.53. The molecule has 0 radical (unpaired) electrons. The number of hydrogen-bond donors (Lipinski definition) is 0. The van der Waals surface area contributed by atoms with Gasteiger partial charge in [0.25, 0.3) is 0 Å². The Hall–Kier alpha value is -0.780. The van der Waals surface area contributed by atoms with E-state index in [0.717, 1.165) is 4.68 Å². The molecule has 74 valence electrons. The fraction of sp³-hybridized carbons (Fsp3) is 0.667. The van der Waals surface area contributed by atoms with Gasteiger partial charge in [0.2, 0.25) is 0 Å². The van der Waals surface area contributed by atoms with E-state index in [0.29, 0.717) is 0 Å². The maximum absolute atomic E-state index is 11.9. The number of aromatic nitrogens is 3. The molecule has 0 fully saturated rings. The molecule has 0 bridgehead atoms. The van der Waals surface area contributed by atoms with Crippen molar-refractivity contribution < 1.29 is 13.2 Å². The highest BCUT2D eigenvalue weighted by Crippen LogP contribution is 2.22. The minimum Gasteiger partial charge on any atom is -0.239 e. The molecule has 0 N–H and O–H groups in total. The average Bonchev–Trinajstić information content (AvgIpc) is 2.31. The summed E-state index contributed by atoms with van der Waals surface area (Å²) in [5.41, 5.74) is 0.263. The minimum atomic E-state index is -4.30. The number of hydrogen-bond acceptors (Lipinski definition) is 2. The summed E-state index contributed by atoms with van der Waals surface area (Å²) in [5.74, 6) is 0. The van der Waals surface area contributed by atoms with Crippen molar-refractivity contribution >= 4 is 11.6 Å². The van der Waals surface area contributed by atoms with Crippen molar-refractivity contribution in [2.24, 2.45) is 0 Å². The molecule has 1 heterocycles. The van der Waals surface area contributed by atoms with Crippen LogP contribution in [-0.4, -0.2) is 21.2 Å². The molecular weight excluding hydrogens is 207 g/mol. The van der Waals surface area contributed by atoms with Crippen molar-refractivity contribution in [3.63, 3.8) is 0 Å². The number of rotatable bonds is 2. The predicted molar refractivity (Wildman–Crippen MR) is 40.3 cm³/mol. The zero-order valence-electron chi connectivity index (χ0n) is 6.72. The van der Waals surface area contributed by atoms with Crippen LogP contribution in [0.4, 0.5) is 13.2 Å². The first-order valence-corrected chi connectivity index (χ1v) is 3.93. The molecule has 1 rings (SSSR count). The van der Waals surface area contributed by atoms with Crippen LogP contribution in [0.15, 0.2) is 6.20 Å². The monoisotopic (exact) mass is 213 g/mol.